The lowest BCUT2D eigenvalue weighted by Gasteiger charge is -2.19. The molecule has 0 bridgehead atoms. The van der Waals surface area contributed by atoms with E-state index in [0.29, 0.717) is 12.0 Å². The zero-order chi connectivity index (χ0) is 11.5. The van der Waals surface area contributed by atoms with Crippen LogP contribution < -0.4 is 5.73 Å². The van der Waals surface area contributed by atoms with Crippen LogP contribution in [0.15, 0.2) is 12.4 Å². The first-order valence-electron chi connectivity index (χ1n) is 6.18. The fraction of sp³-hybridized carbons (Fsp3) is 0.750. The third-order valence-electron chi connectivity index (χ3n) is 3.52. The molecule has 1 aliphatic rings. The van der Waals surface area contributed by atoms with Gasteiger partial charge in [-0.15, -0.1) is 0 Å². The van der Waals surface area contributed by atoms with Crippen molar-refractivity contribution in [3.05, 3.63) is 18.0 Å². The Bertz CT molecular complexity index is 334. The van der Waals surface area contributed by atoms with Crippen LogP contribution in [0.2, 0.25) is 0 Å². The van der Waals surface area contributed by atoms with Gasteiger partial charge in [-0.25, -0.2) is 0 Å². The summed E-state index contributed by atoms with van der Waals surface area (Å²) in [5.41, 5.74) is 7.05. The van der Waals surface area contributed by atoms with Crippen molar-refractivity contribution in [3.8, 4) is 0 Å². The van der Waals surface area contributed by atoms with E-state index >= 15 is 0 Å². The van der Waals surface area contributed by atoms with Gasteiger partial charge in [-0.1, -0.05) is 0 Å². The Balaban J connectivity index is 1.94. The highest BCUT2D eigenvalue weighted by molar-refractivity contribution is 5.04. The average molecular weight is 222 g/mol. The molecule has 2 heterocycles. The van der Waals surface area contributed by atoms with E-state index in [2.05, 4.69) is 30.0 Å². The molecular weight excluding hydrogens is 200 g/mol. The van der Waals surface area contributed by atoms with E-state index in [0.717, 1.165) is 26.2 Å². The Hall–Kier alpha value is -0.870. The third-order valence-corrected chi connectivity index (χ3v) is 3.52. The molecule has 0 amide bonds. The molecule has 2 N–H and O–H groups in total. The predicted octanol–water partition coefficient (Wildman–Crippen LogP) is 1.07. The number of rotatable bonds is 4. The molecule has 0 aromatic carbocycles. The van der Waals surface area contributed by atoms with E-state index in [4.69, 9.17) is 5.73 Å². The number of aryl methyl sites for hydroxylation is 1. The van der Waals surface area contributed by atoms with Gasteiger partial charge in [-0.2, -0.15) is 5.10 Å². The molecule has 2 atom stereocenters. The van der Waals surface area contributed by atoms with Crippen molar-refractivity contribution in [2.45, 2.75) is 39.4 Å². The number of hydrogen-bond donors (Lipinski definition) is 1. The summed E-state index contributed by atoms with van der Waals surface area (Å²) in [6, 6.07) is 0.651. The molecule has 2 rings (SSSR count). The van der Waals surface area contributed by atoms with Crippen molar-refractivity contribution < 1.29 is 0 Å². The SMILES string of the molecule is CCn1cc(CN2CC(CN)CC2C)cn1. The summed E-state index contributed by atoms with van der Waals surface area (Å²) in [5.74, 6) is 0.677. The molecule has 0 spiro atoms. The van der Waals surface area contributed by atoms with Crippen molar-refractivity contribution in [2.24, 2.45) is 11.7 Å². The van der Waals surface area contributed by atoms with Crippen LogP contribution in [0.1, 0.15) is 25.8 Å². The zero-order valence-electron chi connectivity index (χ0n) is 10.3. The lowest BCUT2D eigenvalue weighted by atomic mass is 10.1. The summed E-state index contributed by atoms with van der Waals surface area (Å²) in [7, 11) is 0. The summed E-state index contributed by atoms with van der Waals surface area (Å²) >= 11 is 0. The van der Waals surface area contributed by atoms with E-state index in [-0.39, 0.29) is 0 Å². The van der Waals surface area contributed by atoms with Gasteiger partial charge in [0.15, 0.2) is 0 Å². The summed E-state index contributed by atoms with van der Waals surface area (Å²) < 4.78 is 1.98. The average Bonchev–Trinajstić information content (AvgIpc) is 2.87. The summed E-state index contributed by atoms with van der Waals surface area (Å²) in [4.78, 5) is 2.51. The predicted molar refractivity (Wildman–Crippen MR) is 64.9 cm³/mol. The molecule has 90 valence electrons. The van der Waals surface area contributed by atoms with Gasteiger partial charge in [0.2, 0.25) is 0 Å². The minimum Gasteiger partial charge on any atom is -0.330 e. The Morgan fingerprint density at radius 1 is 1.56 bits per heavy atom. The van der Waals surface area contributed by atoms with E-state index in [1.165, 1.54) is 12.0 Å². The van der Waals surface area contributed by atoms with E-state index in [1.807, 2.05) is 10.9 Å². The van der Waals surface area contributed by atoms with Gasteiger partial charge in [0, 0.05) is 37.4 Å². The van der Waals surface area contributed by atoms with E-state index < -0.39 is 0 Å². The molecule has 0 saturated carbocycles. The second-order valence-corrected chi connectivity index (χ2v) is 4.82. The lowest BCUT2D eigenvalue weighted by Crippen LogP contribution is -2.27. The summed E-state index contributed by atoms with van der Waals surface area (Å²) in [6.07, 6.45) is 5.35. The van der Waals surface area contributed by atoms with E-state index in [9.17, 15) is 0 Å². The molecule has 1 aliphatic heterocycles. The molecule has 1 saturated heterocycles. The first-order valence-corrected chi connectivity index (χ1v) is 6.18. The maximum atomic E-state index is 5.73. The van der Waals surface area contributed by atoms with Gasteiger partial charge in [0.1, 0.15) is 0 Å². The topological polar surface area (TPSA) is 47.1 Å². The molecule has 4 nitrogen and oxygen atoms in total. The molecule has 16 heavy (non-hydrogen) atoms. The first kappa shape index (κ1) is 11.6. The van der Waals surface area contributed by atoms with Crippen LogP contribution in [-0.2, 0) is 13.1 Å². The fourth-order valence-electron chi connectivity index (χ4n) is 2.50. The highest BCUT2D eigenvalue weighted by Gasteiger charge is 2.27. The summed E-state index contributed by atoms with van der Waals surface area (Å²) in [6.45, 7) is 8.31. The second-order valence-electron chi connectivity index (χ2n) is 4.82. The normalized spacial score (nSPS) is 26.4. The highest BCUT2D eigenvalue weighted by atomic mass is 15.3. The molecule has 0 radical (unpaired) electrons. The third kappa shape index (κ3) is 2.44. The molecule has 2 unspecified atom stereocenters. The van der Waals surface area contributed by atoms with Crippen molar-refractivity contribution in [2.75, 3.05) is 13.1 Å². The lowest BCUT2D eigenvalue weighted by molar-refractivity contribution is 0.256. The second kappa shape index (κ2) is 4.97. The van der Waals surface area contributed by atoms with Crippen LogP contribution in [0, 0.1) is 5.92 Å². The van der Waals surface area contributed by atoms with Crippen molar-refractivity contribution in [1.29, 1.82) is 0 Å². The van der Waals surface area contributed by atoms with Crippen molar-refractivity contribution in [1.82, 2.24) is 14.7 Å². The standard InChI is InChI=1S/C12H22N4/c1-3-16-9-12(6-14-16)8-15-7-11(5-13)4-10(15)2/h6,9-11H,3-5,7-8,13H2,1-2H3. The monoisotopic (exact) mass is 222 g/mol. The van der Waals surface area contributed by atoms with Crippen molar-refractivity contribution >= 4 is 0 Å². The van der Waals surface area contributed by atoms with Crippen LogP contribution in [0.25, 0.3) is 0 Å². The van der Waals surface area contributed by atoms with Crippen LogP contribution in [0.4, 0.5) is 0 Å². The maximum absolute atomic E-state index is 5.73. The van der Waals surface area contributed by atoms with Gasteiger partial charge in [-0.3, -0.25) is 9.58 Å². The van der Waals surface area contributed by atoms with Crippen LogP contribution in [0.3, 0.4) is 0 Å². The number of aromatic nitrogens is 2. The number of hydrogen-bond acceptors (Lipinski definition) is 3. The molecule has 1 aromatic rings. The van der Waals surface area contributed by atoms with Crippen LogP contribution in [0.5, 0.6) is 0 Å². The molecule has 4 heteroatoms. The number of likely N-dealkylation sites (tertiary alicyclic amines) is 1. The Labute approximate surface area is 97.4 Å². The first-order chi connectivity index (χ1) is 7.72. The molecular formula is C12H22N4. The smallest absolute Gasteiger partial charge is 0.0534 e. The van der Waals surface area contributed by atoms with Gasteiger partial charge in [-0.05, 0) is 32.7 Å². The Morgan fingerprint density at radius 2 is 2.38 bits per heavy atom. The molecule has 1 aromatic heterocycles. The van der Waals surface area contributed by atoms with Gasteiger partial charge in [0.05, 0.1) is 6.20 Å². The fourth-order valence-corrected chi connectivity index (χ4v) is 2.50. The van der Waals surface area contributed by atoms with Crippen LogP contribution in [-0.4, -0.2) is 33.8 Å². The number of nitrogens with two attached hydrogens (primary N) is 1. The summed E-state index contributed by atoms with van der Waals surface area (Å²) in [5, 5.41) is 4.31. The van der Waals surface area contributed by atoms with Crippen molar-refractivity contribution in [3.63, 3.8) is 0 Å². The minimum absolute atomic E-state index is 0.651. The molecule has 1 fully saturated rings. The van der Waals surface area contributed by atoms with Gasteiger partial charge >= 0.3 is 0 Å². The Kier molecular flexibility index (Phi) is 3.61. The van der Waals surface area contributed by atoms with Gasteiger partial charge < -0.3 is 5.73 Å². The number of nitrogens with zero attached hydrogens (tertiary/aromatic N) is 3. The molecule has 0 aliphatic carbocycles. The maximum Gasteiger partial charge on any atom is 0.0534 e. The van der Waals surface area contributed by atoms with Crippen LogP contribution >= 0.6 is 0 Å². The quantitative estimate of drug-likeness (QED) is 0.829. The highest BCUT2D eigenvalue weighted by Crippen LogP contribution is 2.23. The minimum atomic E-state index is 0.651. The Morgan fingerprint density at radius 3 is 2.94 bits per heavy atom. The van der Waals surface area contributed by atoms with E-state index in [1.54, 1.807) is 0 Å². The zero-order valence-corrected chi connectivity index (χ0v) is 10.3. The largest absolute Gasteiger partial charge is 0.330 e. The van der Waals surface area contributed by atoms with Gasteiger partial charge in [0.25, 0.3) is 0 Å².